The zero-order chi connectivity index (χ0) is 11.5. The summed E-state index contributed by atoms with van der Waals surface area (Å²) in [6.07, 6.45) is -4.67. The molecule has 1 rings (SSSR count). The molecule has 0 aliphatic carbocycles. The van der Waals surface area contributed by atoms with E-state index < -0.39 is 17.9 Å². The minimum atomic E-state index is -4.94. The van der Waals surface area contributed by atoms with Crippen molar-refractivity contribution in [2.75, 3.05) is 5.32 Å². The molecule has 7 heteroatoms. The Bertz CT molecular complexity index is 364. The maximum absolute atomic E-state index is 12.9. The zero-order valence-electron chi connectivity index (χ0n) is 7.14. The fourth-order valence-electron chi connectivity index (χ4n) is 0.866. The lowest BCUT2D eigenvalue weighted by atomic mass is 10.3. The lowest BCUT2D eigenvalue weighted by molar-refractivity contribution is -0.275. The highest BCUT2D eigenvalue weighted by Gasteiger charge is 2.32. The van der Waals surface area contributed by atoms with Crippen molar-refractivity contribution in [3.63, 3.8) is 0 Å². The molecule has 1 aromatic rings. The second-order valence-electron chi connectivity index (χ2n) is 2.46. The molecule has 1 amide bonds. The van der Waals surface area contributed by atoms with Gasteiger partial charge in [-0.1, -0.05) is 0 Å². The van der Waals surface area contributed by atoms with Crippen LogP contribution in [0.2, 0.25) is 0 Å². The Kier molecular flexibility index (Phi) is 3.13. The summed E-state index contributed by atoms with van der Waals surface area (Å²) in [4.78, 5) is 9.95. The van der Waals surface area contributed by atoms with E-state index in [1.54, 1.807) is 0 Å². The van der Waals surface area contributed by atoms with Gasteiger partial charge in [0.2, 0.25) is 6.41 Å². The Hall–Kier alpha value is -1.79. The molecular formula is C8H5F4NO2. The predicted molar refractivity (Wildman–Crippen MR) is 42.8 cm³/mol. The van der Waals surface area contributed by atoms with E-state index in [4.69, 9.17) is 0 Å². The number of benzene rings is 1. The predicted octanol–water partition coefficient (Wildman–Crippen LogP) is 2.29. The Morgan fingerprint density at radius 3 is 2.47 bits per heavy atom. The van der Waals surface area contributed by atoms with E-state index in [0.717, 1.165) is 18.2 Å². The molecule has 0 bridgehead atoms. The van der Waals surface area contributed by atoms with E-state index in [1.165, 1.54) is 0 Å². The topological polar surface area (TPSA) is 38.3 Å². The summed E-state index contributed by atoms with van der Waals surface area (Å²) in [5, 5.41) is 2.08. The number of rotatable bonds is 3. The van der Waals surface area contributed by atoms with Crippen molar-refractivity contribution in [1.29, 1.82) is 0 Å². The van der Waals surface area contributed by atoms with E-state index in [9.17, 15) is 22.4 Å². The van der Waals surface area contributed by atoms with Crippen LogP contribution in [0, 0.1) is 5.82 Å². The van der Waals surface area contributed by atoms with Crippen molar-refractivity contribution in [3.8, 4) is 5.75 Å². The van der Waals surface area contributed by atoms with Gasteiger partial charge in [-0.05, 0) is 12.1 Å². The number of carbonyl (C=O) groups excluding carboxylic acids is 1. The summed E-state index contributed by atoms with van der Waals surface area (Å²) in [5.74, 6) is -2.15. The van der Waals surface area contributed by atoms with Gasteiger partial charge in [-0.2, -0.15) is 0 Å². The van der Waals surface area contributed by atoms with Gasteiger partial charge in [0.05, 0.1) is 0 Å². The van der Waals surface area contributed by atoms with Gasteiger partial charge in [0, 0.05) is 11.8 Å². The summed E-state index contributed by atoms with van der Waals surface area (Å²) in [6, 6.07) is 2.57. The molecule has 0 aromatic heterocycles. The number of anilines is 1. The molecule has 1 N–H and O–H groups in total. The highest BCUT2D eigenvalue weighted by molar-refractivity contribution is 5.71. The molecule has 1 aromatic carbocycles. The molecule has 3 nitrogen and oxygen atoms in total. The van der Waals surface area contributed by atoms with Gasteiger partial charge >= 0.3 is 6.36 Å². The van der Waals surface area contributed by atoms with Crippen LogP contribution in [0.15, 0.2) is 18.2 Å². The third-order valence-electron chi connectivity index (χ3n) is 1.38. The number of carbonyl (C=O) groups is 1. The fraction of sp³-hybridized carbons (Fsp3) is 0.125. The molecule has 0 atom stereocenters. The SMILES string of the molecule is O=CNc1ccc(OC(F)(F)F)c(F)c1. The van der Waals surface area contributed by atoms with Crippen molar-refractivity contribution in [2.24, 2.45) is 0 Å². The van der Waals surface area contributed by atoms with Gasteiger partial charge < -0.3 is 10.1 Å². The summed E-state index contributed by atoms with van der Waals surface area (Å²) in [7, 11) is 0. The molecule has 0 aliphatic heterocycles. The summed E-state index contributed by atoms with van der Waals surface area (Å²) >= 11 is 0. The van der Waals surface area contributed by atoms with Gasteiger partial charge in [-0.15, -0.1) is 13.2 Å². The monoisotopic (exact) mass is 223 g/mol. The number of halogens is 4. The van der Waals surface area contributed by atoms with Crippen LogP contribution >= 0.6 is 0 Å². The summed E-state index contributed by atoms with van der Waals surface area (Å²) < 4.78 is 51.4. The summed E-state index contributed by atoms with van der Waals surface area (Å²) in [6.45, 7) is 0. The standard InChI is InChI=1S/C8H5F4NO2/c9-6-3-5(13-4-14)1-2-7(6)15-8(10,11)12/h1-4H,(H,13,14). The van der Waals surface area contributed by atoms with Gasteiger partial charge in [0.25, 0.3) is 0 Å². The molecule has 0 heterocycles. The Labute approximate surface area is 81.6 Å². The third kappa shape index (κ3) is 3.45. The molecule has 0 aliphatic rings. The lowest BCUT2D eigenvalue weighted by Crippen LogP contribution is -2.18. The Morgan fingerprint density at radius 1 is 1.33 bits per heavy atom. The highest BCUT2D eigenvalue weighted by Crippen LogP contribution is 2.27. The van der Waals surface area contributed by atoms with Crippen molar-refractivity contribution < 1.29 is 27.1 Å². The number of hydrogen-bond acceptors (Lipinski definition) is 2. The van der Waals surface area contributed by atoms with Crippen LogP contribution in [0.4, 0.5) is 23.2 Å². The minimum Gasteiger partial charge on any atom is -0.403 e. The maximum Gasteiger partial charge on any atom is 0.573 e. The van der Waals surface area contributed by atoms with E-state index in [-0.39, 0.29) is 12.1 Å². The molecule has 15 heavy (non-hydrogen) atoms. The lowest BCUT2D eigenvalue weighted by Gasteiger charge is -2.10. The van der Waals surface area contributed by atoms with Crippen molar-refractivity contribution in [2.45, 2.75) is 6.36 Å². The molecular weight excluding hydrogens is 218 g/mol. The Morgan fingerprint density at radius 2 is 2.00 bits per heavy atom. The first-order valence-electron chi connectivity index (χ1n) is 3.68. The average molecular weight is 223 g/mol. The van der Waals surface area contributed by atoms with E-state index in [0.29, 0.717) is 0 Å². The molecule has 0 radical (unpaired) electrons. The molecule has 0 saturated carbocycles. The number of alkyl halides is 3. The second kappa shape index (κ2) is 4.16. The van der Waals surface area contributed by atoms with Gasteiger partial charge in [0.1, 0.15) is 0 Å². The number of ether oxygens (including phenoxy) is 1. The van der Waals surface area contributed by atoms with E-state index in [1.807, 2.05) is 0 Å². The third-order valence-corrected chi connectivity index (χ3v) is 1.38. The first kappa shape index (κ1) is 11.3. The smallest absolute Gasteiger partial charge is 0.403 e. The fourth-order valence-corrected chi connectivity index (χ4v) is 0.866. The molecule has 0 spiro atoms. The highest BCUT2D eigenvalue weighted by atomic mass is 19.4. The van der Waals surface area contributed by atoms with Crippen LogP contribution in [0.25, 0.3) is 0 Å². The van der Waals surface area contributed by atoms with Crippen molar-refractivity contribution in [3.05, 3.63) is 24.0 Å². The van der Waals surface area contributed by atoms with Crippen LogP contribution in [0.3, 0.4) is 0 Å². The van der Waals surface area contributed by atoms with Crippen LogP contribution in [0.1, 0.15) is 0 Å². The van der Waals surface area contributed by atoms with Gasteiger partial charge in [0.15, 0.2) is 11.6 Å². The molecule has 0 saturated heterocycles. The van der Waals surface area contributed by atoms with Crippen LogP contribution in [-0.4, -0.2) is 12.8 Å². The van der Waals surface area contributed by atoms with E-state index >= 15 is 0 Å². The van der Waals surface area contributed by atoms with Crippen molar-refractivity contribution in [1.82, 2.24) is 0 Å². The quantitative estimate of drug-likeness (QED) is 0.630. The van der Waals surface area contributed by atoms with E-state index in [2.05, 4.69) is 10.1 Å². The van der Waals surface area contributed by atoms with Crippen LogP contribution < -0.4 is 10.1 Å². The molecule has 82 valence electrons. The second-order valence-corrected chi connectivity index (χ2v) is 2.46. The maximum atomic E-state index is 12.9. The minimum absolute atomic E-state index is 0.0389. The summed E-state index contributed by atoms with van der Waals surface area (Å²) in [5.41, 5.74) is 0.0389. The van der Waals surface area contributed by atoms with Crippen LogP contribution in [-0.2, 0) is 4.79 Å². The molecule has 0 unspecified atom stereocenters. The van der Waals surface area contributed by atoms with Crippen LogP contribution in [0.5, 0.6) is 5.75 Å². The average Bonchev–Trinajstić information content (AvgIpc) is 2.08. The zero-order valence-corrected chi connectivity index (χ0v) is 7.14. The largest absolute Gasteiger partial charge is 0.573 e. The Balaban J connectivity index is 2.88. The first-order chi connectivity index (χ1) is 6.92. The number of nitrogens with one attached hydrogen (secondary N) is 1. The first-order valence-corrected chi connectivity index (χ1v) is 3.68. The van der Waals surface area contributed by atoms with Gasteiger partial charge in [-0.3, -0.25) is 4.79 Å². The number of amides is 1. The van der Waals surface area contributed by atoms with Gasteiger partial charge in [-0.25, -0.2) is 4.39 Å². The molecule has 0 fully saturated rings. The van der Waals surface area contributed by atoms with Crippen molar-refractivity contribution >= 4 is 12.1 Å². The number of hydrogen-bond donors (Lipinski definition) is 1. The normalized spacial score (nSPS) is 10.9.